The molecule has 3 aromatic rings. The molecule has 3 heterocycles. The monoisotopic (exact) mass is 392 g/mol. The Morgan fingerprint density at radius 2 is 2.14 bits per heavy atom. The second-order valence-electron chi connectivity index (χ2n) is 6.71. The van der Waals surface area contributed by atoms with Gasteiger partial charge in [-0.3, -0.25) is 14.6 Å². The lowest BCUT2D eigenvalue weighted by atomic mass is 10.1. The van der Waals surface area contributed by atoms with Crippen LogP contribution in [0, 0.1) is 5.92 Å². The zero-order valence-electron chi connectivity index (χ0n) is 15.8. The normalized spacial score (nSPS) is 13.1. The average molecular weight is 392 g/mol. The van der Waals surface area contributed by atoms with Crippen molar-refractivity contribution in [3.05, 3.63) is 30.7 Å². The molecule has 0 spiro atoms. The first kappa shape index (κ1) is 18.6. The fraction of sp³-hybridized carbons (Fsp3) is 0.250. The van der Waals surface area contributed by atoms with Crippen LogP contribution in [0.5, 0.6) is 5.75 Å². The molecule has 4 rings (SSSR count). The van der Waals surface area contributed by atoms with Crippen molar-refractivity contribution in [1.29, 1.82) is 0 Å². The van der Waals surface area contributed by atoms with Gasteiger partial charge in [-0.05, 0) is 37.3 Å². The minimum Gasteiger partial charge on any atom is -0.491 e. The first-order valence-electron chi connectivity index (χ1n) is 9.29. The molecule has 0 aromatic carbocycles. The van der Waals surface area contributed by atoms with E-state index in [0.29, 0.717) is 52.7 Å². The molecule has 0 bridgehead atoms. The predicted octanol–water partition coefficient (Wildman–Crippen LogP) is 2.59. The molecule has 1 saturated carbocycles. The van der Waals surface area contributed by atoms with E-state index >= 15 is 0 Å². The first-order chi connectivity index (χ1) is 14.1. The number of aromatic nitrogens is 3. The van der Waals surface area contributed by atoms with E-state index in [4.69, 9.17) is 10.5 Å². The Labute approximate surface area is 166 Å². The maximum absolute atomic E-state index is 12.0. The second-order valence-corrected chi connectivity index (χ2v) is 6.71. The number of ether oxygens (including phenoxy) is 1. The van der Waals surface area contributed by atoms with Gasteiger partial charge in [0.05, 0.1) is 24.1 Å². The van der Waals surface area contributed by atoms with Crippen molar-refractivity contribution >= 4 is 40.4 Å². The highest BCUT2D eigenvalue weighted by Crippen LogP contribution is 2.37. The quantitative estimate of drug-likeness (QED) is 0.526. The number of anilines is 3. The third-order valence-corrected chi connectivity index (χ3v) is 4.62. The van der Waals surface area contributed by atoms with Gasteiger partial charge in [-0.15, -0.1) is 0 Å². The van der Waals surface area contributed by atoms with Crippen LogP contribution >= 0.6 is 0 Å². The zero-order valence-corrected chi connectivity index (χ0v) is 15.8. The van der Waals surface area contributed by atoms with Crippen molar-refractivity contribution < 1.29 is 14.3 Å². The number of nitrogen functional groups attached to an aromatic ring is 1. The summed E-state index contributed by atoms with van der Waals surface area (Å²) >= 11 is 0. The van der Waals surface area contributed by atoms with Crippen molar-refractivity contribution in [2.24, 2.45) is 5.92 Å². The predicted molar refractivity (Wildman–Crippen MR) is 109 cm³/mol. The number of carbonyl (C=O) groups excluding carboxylic acids is 2. The van der Waals surface area contributed by atoms with E-state index in [0.717, 1.165) is 18.2 Å². The number of fused-ring (bicyclic) bond motifs is 1. The van der Waals surface area contributed by atoms with Crippen molar-refractivity contribution in [2.45, 2.75) is 19.8 Å². The molecule has 0 unspecified atom stereocenters. The summed E-state index contributed by atoms with van der Waals surface area (Å²) in [6, 6.07) is 3.59. The van der Waals surface area contributed by atoms with Crippen LogP contribution in [0.15, 0.2) is 30.7 Å². The summed E-state index contributed by atoms with van der Waals surface area (Å²) < 4.78 is 5.73. The lowest BCUT2D eigenvalue weighted by molar-refractivity contribution is -0.117. The minimum absolute atomic E-state index is 0.0189. The minimum atomic E-state index is -0.0189. The third kappa shape index (κ3) is 3.79. The largest absolute Gasteiger partial charge is 0.491 e. The summed E-state index contributed by atoms with van der Waals surface area (Å²) in [7, 11) is 0. The van der Waals surface area contributed by atoms with Crippen LogP contribution in [0.25, 0.3) is 22.0 Å². The molecule has 0 aliphatic heterocycles. The Balaban J connectivity index is 1.78. The Morgan fingerprint density at radius 1 is 1.31 bits per heavy atom. The van der Waals surface area contributed by atoms with E-state index in [1.54, 1.807) is 18.5 Å². The Bertz CT molecular complexity index is 1100. The standard InChI is InChI=1S/C20H20N6O3/c1-2-29-18-14(7-22-9-16(18)24-10-27)15-5-12-6-17(26-20(28)11-3-4-11)23-8-13(12)19(21)25-15/h5-11H,2-4H2,1H3,(H2,21,25)(H,24,27)(H,23,26,28). The smallest absolute Gasteiger partial charge is 0.228 e. The fourth-order valence-electron chi connectivity index (χ4n) is 3.05. The first-order valence-corrected chi connectivity index (χ1v) is 9.29. The molecule has 0 atom stereocenters. The Morgan fingerprint density at radius 3 is 2.86 bits per heavy atom. The molecule has 29 heavy (non-hydrogen) atoms. The summed E-state index contributed by atoms with van der Waals surface area (Å²) in [4.78, 5) is 35.8. The molecule has 9 nitrogen and oxygen atoms in total. The fourth-order valence-corrected chi connectivity index (χ4v) is 3.05. The number of hydrogen-bond donors (Lipinski definition) is 3. The number of rotatable bonds is 7. The molecule has 4 N–H and O–H groups in total. The third-order valence-electron chi connectivity index (χ3n) is 4.62. The van der Waals surface area contributed by atoms with Crippen LogP contribution in [0.2, 0.25) is 0 Å². The van der Waals surface area contributed by atoms with Crippen LogP contribution < -0.4 is 21.1 Å². The molecule has 3 aromatic heterocycles. The maximum atomic E-state index is 12.0. The Hall–Kier alpha value is -3.75. The van der Waals surface area contributed by atoms with E-state index < -0.39 is 0 Å². The highest BCUT2D eigenvalue weighted by Gasteiger charge is 2.29. The van der Waals surface area contributed by atoms with Gasteiger partial charge >= 0.3 is 0 Å². The van der Waals surface area contributed by atoms with Gasteiger partial charge in [0.25, 0.3) is 0 Å². The van der Waals surface area contributed by atoms with Crippen LogP contribution in [-0.4, -0.2) is 33.9 Å². The van der Waals surface area contributed by atoms with E-state index in [9.17, 15) is 9.59 Å². The highest BCUT2D eigenvalue weighted by atomic mass is 16.5. The molecule has 148 valence electrons. The Kier molecular flexibility index (Phi) is 4.94. The summed E-state index contributed by atoms with van der Waals surface area (Å²) in [5, 5.41) is 6.86. The number of pyridine rings is 3. The number of carbonyl (C=O) groups is 2. The summed E-state index contributed by atoms with van der Waals surface area (Å²) in [6.07, 6.45) is 7.09. The van der Waals surface area contributed by atoms with Gasteiger partial charge in [0, 0.05) is 23.7 Å². The number of amides is 2. The SMILES string of the molecule is CCOc1c(NC=O)cncc1-c1cc2cc(NC(=O)C3CC3)ncc2c(N)n1. The zero-order chi connectivity index (χ0) is 20.4. The molecule has 0 saturated heterocycles. The summed E-state index contributed by atoms with van der Waals surface area (Å²) in [6.45, 7) is 2.24. The summed E-state index contributed by atoms with van der Waals surface area (Å²) in [5.74, 6) is 1.27. The van der Waals surface area contributed by atoms with Gasteiger partial charge < -0.3 is 21.1 Å². The van der Waals surface area contributed by atoms with Crippen LogP contribution in [0.3, 0.4) is 0 Å². The molecular weight excluding hydrogens is 372 g/mol. The van der Waals surface area contributed by atoms with Crippen LogP contribution in [0.4, 0.5) is 17.3 Å². The number of hydrogen-bond acceptors (Lipinski definition) is 7. The van der Waals surface area contributed by atoms with Crippen molar-refractivity contribution in [1.82, 2.24) is 15.0 Å². The number of nitrogens with two attached hydrogens (primary N) is 1. The van der Waals surface area contributed by atoms with Crippen LogP contribution in [0.1, 0.15) is 19.8 Å². The molecule has 1 aliphatic rings. The van der Waals surface area contributed by atoms with Gasteiger partial charge in [-0.2, -0.15) is 0 Å². The van der Waals surface area contributed by atoms with E-state index in [1.807, 2.05) is 13.0 Å². The average Bonchev–Trinajstić information content (AvgIpc) is 3.55. The molecule has 2 amide bonds. The van der Waals surface area contributed by atoms with Gasteiger partial charge in [-0.1, -0.05) is 0 Å². The topological polar surface area (TPSA) is 132 Å². The second kappa shape index (κ2) is 7.70. The molecule has 1 aliphatic carbocycles. The number of nitrogens with zero attached hydrogens (tertiary/aromatic N) is 3. The summed E-state index contributed by atoms with van der Waals surface area (Å²) in [5.41, 5.74) is 7.71. The van der Waals surface area contributed by atoms with Crippen molar-refractivity contribution in [3.8, 4) is 17.0 Å². The van der Waals surface area contributed by atoms with E-state index in [-0.39, 0.29) is 11.8 Å². The van der Waals surface area contributed by atoms with Gasteiger partial charge in [-0.25, -0.2) is 9.97 Å². The van der Waals surface area contributed by atoms with Crippen LogP contribution in [-0.2, 0) is 9.59 Å². The van der Waals surface area contributed by atoms with Crippen molar-refractivity contribution in [3.63, 3.8) is 0 Å². The molecule has 9 heteroatoms. The van der Waals surface area contributed by atoms with Gasteiger partial charge in [0.2, 0.25) is 12.3 Å². The number of nitrogens with one attached hydrogen (secondary N) is 2. The molecule has 0 radical (unpaired) electrons. The lowest BCUT2D eigenvalue weighted by Crippen LogP contribution is -2.14. The lowest BCUT2D eigenvalue weighted by Gasteiger charge is -2.14. The van der Waals surface area contributed by atoms with E-state index in [2.05, 4.69) is 25.6 Å². The van der Waals surface area contributed by atoms with Gasteiger partial charge in [0.1, 0.15) is 17.3 Å². The molecule has 1 fully saturated rings. The molecular formula is C20H20N6O3. The van der Waals surface area contributed by atoms with Crippen molar-refractivity contribution in [2.75, 3.05) is 23.0 Å². The van der Waals surface area contributed by atoms with Gasteiger partial charge in [0.15, 0.2) is 5.75 Å². The van der Waals surface area contributed by atoms with E-state index in [1.165, 1.54) is 6.20 Å². The maximum Gasteiger partial charge on any atom is 0.228 e. The highest BCUT2D eigenvalue weighted by molar-refractivity contribution is 5.98.